The maximum atomic E-state index is 10.5. The van der Waals surface area contributed by atoms with E-state index >= 15 is 0 Å². The van der Waals surface area contributed by atoms with Crippen molar-refractivity contribution >= 4 is 5.91 Å². The first-order valence-corrected chi connectivity index (χ1v) is 5.86. The maximum absolute atomic E-state index is 10.5. The molecule has 0 radical (unpaired) electrons. The second kappa shape index (κ2) is 10.2. The molecule has 0 bridgehead atoms. The Balaban J connectivity index is 2.41. The van der Waals surface area contributed by atoms with Crippen molar-refractivity contribution in [1.29, 1.82) is 0 Å². The fourth-order valence-corrected chi connectivity index (χ4v) is 0.985. The summed E-state index contributed by atoms with van der Waals surface area (Å²) in [5.41, 5.74) is 0.904. The van der Waals surface area contributed by atoms with Crippen LogP contribution < -0.4 is 10.6 Å². The molecule has 2 N–H and O–H groups in total. The zero-order valence-electron chi connectivity index (χ0n) is 11.3. The summed E-state index contributed by atoms with van der Waals surface area (Å²) in [6, 6.07) is 2.36. The standard InChI is InChI=1S/C18H10N2O/c1-17(21)19-15-11-8-6-4-2-3-5-7-9-13-18-14-10-12-16-20-18/h10,12-14,16,20H,1H3,(H,19,21)/b18-13+. The SMILES string of the molecule is CC(=O)NC#CC#CC#CC#CC#C/C=C1\C=CC=CN1. The van der Waals surface area contributed by atoms with E-state index < -0.39 is 0 Å². The van der Waals surface area contributed by atoms with Gasteiger partial charge in [0.15, 0.2) is 0 Å². The van der Waals surface area contributed by atoms with Crippen LogP contribution in [0, 0.1) is 59.3 Å². The van der Waals surface area contributed by atoms with E-state index in [1.165, 1.54) is 6.92 Å². The summed E-state index contributed by atoms with van der Waals surface area (Å²) in [5, 5.41) is 5.30. The zero-order chi connectivity index (χ0) is 15.2. The highest BCUT2D eigenvalue weighted by Gasteiger charge is 1.87. The molecular formula is C18H10N2O. The van der Waals surface area contributed by atoms with E-state index in [0.29, 0.717) is 0 Å². The normalized spacial score (nSPS) is 11.4. The zero-order valence-corrected chi connectivity index (χ0v) is 11.3. The smallest absolute Gasteiger partial charge is 0.228 e. The molecule has 0 aromatic carbocycles. The Kier molecular flexibility index (Phi) is 7.48. The summed E-state index contributed by atoms with van der Waals surface area (Å²) in [6.45, 7) is 1.37. The largest absolute Gasteiger partial charge is 0.361 e. The van der Waals surface area contributed by atoms with Gasteiger partial charge in [-0.05, 0) is 35.8 Å². The molecule has 0 saturated carbocycles. The molecule has 1 aliphatic rings. The van der Waals surface area contributed by atoms with Crippen LogP contribution in [-0.2, 0) is 4.79 Å². The van der Waals surface area contributed by atoms with E-state index in [-0.39, 0.29) is 5.91 Å². The van der Waals surface area contributed by atoms with Crippen LogP contribution in [0.25, 0.3) is 0 Å². The molecule has 0 aromatic rings. The van der Waals surface area contributed by atoms with Gasteiger partial charge < -0.3 is 5.32 Å². The first-order valence-electron chi connectivity index (χ1n) is 5.86. The minimum Gasteiger partial charge on any atom is -0.361 e. The van der Waals surface area contributed by atoms with Gasteiger partial charge in [0.1, 0.15) is 0 Å². The van der Waals surface area contributed by atoms with Crippen LogP contribution in [0.2, 0.25) is 0 Å². The number of hydrogen-bond donors (Lipinski definition) is 2. The molecule has 0 aliphatic carbocycles. The molecular weight excluding hydrogens is 260 g/mol. The molecule has 0 spiro atoms. The number of dihydropyridines is 1. The summed E-state index contributed by atoms with van der Waals surface area (Å²) in [7, 11) is 0. The molecule has 3 heteroatoms. The Morgan fingerprint density at radius 3 is 2.33 bits per heavy atom. The molecule has 98 valence electrons. The van der Waals surface area contributed by atoms with Crippen LogP contribution in [0.15, 0.2) is 36.2 Å². The molecule has 1 amide bonds. The highest BCUT2D eigenvalue weighted by Crippen LogP contribution is 1.96. The first kappa shape index (κ1) is 15.3. The quantitative estimate of drug-likeness (QED) is 0.501. The molecule has 0 aromatic heterocycles. The van der Waals surface area contributed by atoms with Gasteiger partial charge in [0.2, 0.25) is 5.91 Å². The summed E-state index contributed by atoms with van der Waals surface area (Å²) in [6.07, 6.45) is 9.24. The highest BCUT2D eigenvalue weighted by atomic mass is 16.1. The van der Waals surface area contributed by atoms with Crippen molar-refractivity contribution < 1.29 is 4.79 Å². The van der Waals surface area contributed by atoms with E-state index in [2.05, 4.69) is 70.0 Å². The minimum absolute atomic E-state index is 0.232. The Hall–Kier alpha value is -3.71. The number of carbonyl (C=O) groups is 1. The Morgan fingerprint density at radius 1 is 1.05 bits per heavy atom. The summed E-state index contributed by atoms with van der Waals surface area (Å²) in [5.74, 6) is 22.7. The Labute approximate surface area is 124 Å². The summed E-state index contributed by atoms with van der Waals surface area (Å²) < 4.78 is 0. The van der Waals surface area contributed by atoms with Crippen molar-refractivity contribution in [3.05, 3.63) is 36.2 Å². The van der Waals surface area contributed by atoms with Gasteiger partial charge in [-0.25, -0.2) is 0 Å². The molecule has 1 heterocycles. The Bertz CT molecular complexity index is 799. The van der Waals surface area contributed by atoms with Crippen LogP contribution in [-0.4, -0.2) is 5.91 Å². The lowest BCUT2D eigenvalue weighted by atomic mass is 10.3. The molecule has 0 unspecified atom stereocenters. The molecule has 1 aliphatic heterocycles. The van der Waals surface area contributed by atoms with E-state index in [1.807, 2.05) is 24.4 Å². The van der Waals surface area contributed by atoms with Gasteiger partial charge >= 0.3 is 0 Å². The lowest BCUT2D eigenvalue weighted by Gasteiger charge is -2.01. The van der Waals surface area contributed by atoms with Crippen molar-refractivity contribution in [2.24, 2.45) is 0 Å². The van der Waals surface area contributed by atoms with Crippen LogP contribution in [0.5, 0.6) is 0 Å². The maximum Gasteiger partial charge on any atom is 0.228 e. The third-order valence-corrected chi connectivity index (χ3v) is 1.77. The predicted molar refractivity (Wildman–Crippen MR) is 82.2 cm³/mol. The van der Waals surface area contributed by atoms with E-state index in [0.717, 1.165) is 5.70 Å². The average Bonchev–Trinajstić information content (AvgIpc) is 2.49. The van der Waals surface area contributed by atoms with Crippen LogP contribution >= 0.6 is 0 Å². The van der Waals surface area contributed by atoms with E-state index in [4.69, 9.17) is 0 Å². The summed E-state index contributed by atoms with van der Waals surface area (Å²) in [4.78, 5) is 10.5. The van der Waals surface area contributed by atoms with Crippen molar-refractivity contribution in [1.82, 2.24) is 10.6 Å². The van der Waals surface area contributed by atoms with Gasteiger partial charge in [0, 0.05) is 54.6 Å². The van der Waals surface area contributed by atoms with E-state index in [9.17, 15) is 4.79 Å². The van der Waals surface area contributed by atoms with Gasteiger partial charge in [0.05, 0.1) is 0 Å². The van der Waals surface area contributed by atoms with Gasteiger partial charge in [-0.2, -0.15) is 0 Å². The lowest BCUT2D eigenvalue weighted by molar-refractivity contribution is -0.117. The van der Waals surface area contributed by atoms with Crippen LogP contribution in [0.1, 0.15) is 6.92 Å². The fourth-order valence-electron chi connectivity index (χ4n) is 0.985. The van der Waals surface area contributed by atoms with Crippen molar-refractivity contribution in [2.45, 2.75) is 6.92 Å². The Morgan fingerprint density at radius 2 is 1.71 bits per heavy atom. The number of hydrogen-bond acceptors (Lipinski definition) is 2. The first-order chi connectivity index (χ1) is 10.3. The second-order valence-electron chi connectivity index (χ2n) is 3.41. The van der Waals surface area contributed by atoms with Gasteiger partial charge in [-0.3, -0.25) is 10.1 Å². The lowest BCUT2D eigenvalue weighted by Crippen LogP contribution is -2.11. The van der Waals surface area contributed by atoms with E-state index in [1.54, 1.807) is 6.08 Å². The molecule has 0 saturated heterocycles. The topological polar surface area (TPSA) is 41.1 Å². The number of rotatable bonds is 0. The van der Waals surface area contributed by atoms with Gasteiger partial charge in [-0.1, -0.05) is 12.0 Å². The average molecular weight is 270 g/mol. The van der Waals surface area contributed by atoms with Crippen molar-refractivity contribution in [3.8, 4) is 59.3 Å². The third-order valence-electron chi connectivity index (χ3n) is 1.77. The molecule has 0 atom stereocenters. The summed E-state index contributed by atoms with van der Waals surface area (Å²) >= 11 is 0. The number of allylic oxidation sites excluding steroid dienone is 4. The van der Waals surface area contributed by atoms with Crippen LogP contribution in [0.4, 0.5) is 0 Å². The second-order valence-corrected chi connectivity index (χ2v) is 3.41. The molecule has 0 fully saturated rings. The highest BCUT2D eigenvalue weighted by molar-refractivity contribution is 5.74. The van der Waals surface area contributed by atoms with Crippen molar-refractivity contribution in [3.63, 3.8) is 0 Å². The van der Waals surface area contributed by atoms with Crippen molar-refractivity contribution in [2.75, 3.05) is 0 Å². The third kappa shape index (κ3) is 8.94. The molecule has 21 heavy (non-hydrogen) atoms. The van der Waals surface area contributed by atoms with Gasteiger partial charge in [-0.15, -0.1) is 0 Å². The number of amides is 1. The monoisotopic (exact) mass is 270 g/mol. The fraction of sp³-hybridized carbons (Fsp3) is 0.0556. The molecule has 1 rings (SSSR count). The number of nitrogens with one attached hydrogen (secondary N) is 2. The molecule has 3 nitrogen and oxygen atoms in total. The van der Waals surface area contributed by atoms with Gasteiger partial charge in [0.25, 0.3) is 0 Å². The number of carbonyl (C=O) groups excluding carboxylic acids is 1. The van der Waals surface area contributed by atoms with Crippen LogP contribution in [0.3, 0.4) is 0 Å². The predicted octanol–water partition coefficient (Wildman–Crippen LogP) is 0.654. The minimum atomic E-state index is -0.232.